The first-order chi connectivity index (χ1) is 9.04. The zero-order valence-corrected chi connectivity index (χ0v) is 11.4. The van der Waals surface area contributed by atoms with Gasteiger partial charge in [-0.25, -0.2) is 8.42 Å². The van der Waals surface area contributed by atoms with Gasteiger partial charge in [0.1, 0.15) is 0 Å². The maximum Gasteiger partial charge on any atom is 0.308 e. The molecule has 0 aromatic carbocycles. The molecule has 1 aromatic heterocycles. The van der Waals surface area contributed by atoms with E-state index in [-0.39, 0.29) is 31.0 Å². The number of H-pyrrole nitrogens is 1. The van der Waals surface area contributed by atoms with Crippen molar-refractivity contribution in [1.29, 1.82) is 0 Å². The summed E-state index contributed by atoms with van der Waals surface area (Å²) < 4.78 is 35.8. The van der Waals surface area contributed by atoms with Crippen LogP contribution in [0.25, 0.3) is 0 Å². The molecule has 1 aliphatic rings. The van der Waals surface area contributed by atoms with E-state index < -0.39 is 22.1 Å². The second-order valence-electron chi connectivity index (χ2n) is 4.18. The zero-order valence-electron chi connectivity index (χ0n) is 10.5. The Bertz CT molecular complexity index is 525. The quantitative estimate of drug-likeness (QED) is 0.786. The highest BCUT2D eigenvalue weighted by Crippen LogP contribution is 2.19. The largest absolute Gasteiger partial charge is 0.469 e. The summed E-state index contributed by atoms with van der Waals surface area (Å²) in [4.78, 5) is 14.1. The highest BCUT2D eigenvalue weighted by Gasteiger charge is 2.32. The summed E-state index contributed by atoms with van der Waals surface area (Å²) in [6, 6.07) is 1.50. The van der Waals surface area contributed by atoms with E-state index in [2.05, 4.69) is 9.72 Å². The summed E-state index contributed by atoms with van der Waals surface area (Å²) in [5.41, 5.74) is 0. The fourth-order valence-corrected chi connectivity index (χ4v) is 3.35. The summed E-state index contributed by atoms with van der Waals surface area (Å²) in [6.45, 7) is 0.707. The number of methoxy groups -OCH3 is 1. The number of sulfonamides is 1. The second-order valence-corrected chi connectivity index (χ2v) is 6.12. The zero-order chi connectivity index (χ0) is 13.9. The molecule has 2 heterocycles. The Morgan fingerprint density at radius 2 is 2.42 bits per heavy atom. The third kappa shape index (κ3) is 3.14. The number of hydrogen-bond acceptors (Lipinski definition) is 5. The Labute approximate surface area is 111 Å². The number of aromatic amines is 1. The Hall–Kier alpha value is -1.38. The van der Waals surface area contributed by atoms with E-state index in [1.807, 2.05) is 0 Å². The molecule has 0 amide bonds. The smallest absolute Gasteiger partial charge is 0.308 e. The minimum atomic E-state index is -3.52. The van der Waals surface area contributed by atoms with Crippen molar-refractivity contribution in [2.45, 2.75) is 17.4 Å². The summed E-state index contributed by atoms with van der Waals surface area (Å²) in [7, 11) is -2.23. The lowest BCUT2D eigenvalue weighted by Gasteiger charge is -2.31. The van der Waals surface area contributed by atoms with Gasteiger partial charge in [-0.1, -0.05) is 0 Å². The van der Waals surface area contributed by atoms with Gasteiger partial charge >= 0.3 is 5.97 Å². The number of morpholine rings is 1. The second kappa shape index (κ2) is 5.72. The fourth-order valence-electron chi connectivity index (χ4n) is 1.92. The lowest BCUT2D eigenvalue weighted by Crippen LogP contribution is -2.46. The van der Waals surface area contributed by atoms with E-state index >= 15 is 0 Å². The molecular weight excluding hydrogens is 272 g/mol. The van der Waals surface area contributed by atoms with Crippen molar-refractivity contribution in [1.82, 2.24) is 9.29 Å². The standard InChI is InChI=1S/C11H16N2O5S/c1-17-11(14)6-9-8-13(4-5-18-9)19(15,16)10-2-3-12-7-10/h2-3,7,9,12H,4-6,8H2,1H3. The van der Waals surface area contributed by atoms with Gasteiger partial charge in [-0.2, -0.15) is 4.31 Å². The monoisotopic (exact) mass is 288 g/mol. The number of ether oxygens (including phenoxy) is 2. The maximum atomic E-state index is 12.3. The summed E-state index contributed by atoms with van der Waals surface area (Å²) in [5, 5.41) is 0. The van der Waals surface area contributed by atoms with Gasteiger partial charge in [-0.15, -0.1) is 0 Å². The van der Waals surface area contributed by atoms with Gasteiger partial charge < -0.3 is 14.5 Å². The van der Waals surface area contributed by atoms with Crippen molar-refractivity contribution in [3.05, 3.63) is 18.5 Å². The molecule has 1 saturated heterocycles. The van der Waals surface area contributed by atoms with Crippen LogP contribution in [0.4, 0.5) is 0 Å². The molecule has 0 saturated carbocycles. The lowest BCUT2D eigenvalue weighted by atomic mass is 10.2. The van der Waals surface area contributed by atoms with Gasteiger partial charge in [0.25, 0.3) is 0 Å². The van der Waals surface area contributed by atoms with E-state index in [0.29, 0.717) is 0 Å². The van der Waals surface area contributed by atoms with Crippen LogP contribution in [0, 0.1) is 0 Å². The molecule has 7 nitrogen and oxygen atoms in total. The molecule has 1 fully saturated rings. The first kappa shape index (κ1) is 14.0. The lowest BCUT2D eigenvalue weighted by molar-refractivity contribution is -0.145. The Kier molecular flexibility index (Phi) is 4.23. The fraction of sp³-hybridized carbons (Fsp3) is 0.545. The molecule has 0 aliphatic carbocycles. The van der Waals surface area contributed by atoms with Gasteiger partial charge in [0.05, 0.1) is 31.1 Å². The highest BCUT2D eigenvalue weighted by atomic mass is 32.2. The molecule has 106 valence electrons. The predicted molar refractivity (Wildman–Crippen MR) is 65.9 cm³/mol. The highest BCUT2D eigenvalue weighted by molar-refractivity contribution is 7.89. The summed E-state index contributed by atoms with van der Waals surface area (Å²) in [6.07, 6.45) is 2.57. The van der Waals surface area contributed by atoms with E-state index in [0.717, 1.165) is 0 Å². The molecule has 19 heavy (non-hydrogen) atoms. The number of rotatable bonds is 4. The molecule has 1 aromatic rings. The average Bonchev–Trinajstić information content (AvgIpc) is 2.93. The Balaban J connectivity index is 2.07. The van der Waals surface area contributed by atoms with E-state index in [9.17, 15) is 13.2 Å². The van der Waals surface area contributed by atoms with Gasteiger partial charge in [0.2, 0.25) is 10.0 Å². The maximum absolute atomic E-state index is 12.3. The third-order valence-electron chi connectivity index (χ3n) is 2.93. The van der Waals surface area contributed by atoms with Gasteiger partial charge in [-0.05, 0) is 6.07 Å². The van der Waals surface area contributed by atoms with E-state index in [1.54, 1.807) is 6.20 Å². The van der Waals surface area contributed by atoms with Crippen molar-refractivity contribution in [2.24, 2.45) is 0 Å². The van der Waals surface area contributed by atoms with Crippen LogP contribution in [0.3, 0.4) is 0 Å². The summed E-state index contributed by atoms with van der Waals surface area (Å²) in [5.74, 6) is -0.411. The molecular formula is C11H16N2O5S. The predicted octanol–water partition coefficient (Wildman–Crippen LogP) is -0.0327. The third-order valence-corrected chi connectivity index (χ3v) is 4.79. The van der Waals surface area contributed by atoms with Crippen LogP contribution in [0.1, 0.15) is 6.42 Å². The average molecular weight is 288 g/mol. The number of aromatic nitrogens is 1. The molecule has 0 radical (unpaired) electrons. The van der Waals surface area contributed by atoms with Crippen molar-refractivity contribution < 1.29 is 22.7 Å². The van der Waals surface area contributed by atoms with Crippen molar-refractivity contribution >= 4 is 16.0 Å². The Morgan fingerprint density at radius 1 is 1.63 bits per heavy atom. The van der Waals surface area contributed by atoms with E-state index in [1.165, 1.54) is 23.7 Å². The van der Waals surface area contributed by atoms with Crippen LogP contribution in [0.5, 0.6) is 0 Å². The minimum Gasteiger partial charge on any atom is -0.469 e. The van der Waals surface area contributed by atoms with Crippen molar-refractivity contribution in [2.75, 3.05) is 26.8 Å². The molecule has 1 atom stereocenters. The van der Waals surface area contributed by atoms with Crippen molar-refractivity contribution in [3.8, 4) is 0 Å². The molecule has 0 bridgehead atoms. The number of nitrogens with zero attached hydrogens (tertiary/aromatic N) is 1. The van der Waals surface area contributed by atoms with Crippen LogP contribution in [-0.2, 0) is 24.3 Å². The number of carbonyl (C=O) groups is 1. The number of hydrogen-bond donors (Lipinski definition) is 1. The van der Waals surface area contributed by atoms with Crippen LogP contribution in [0.2, 0.25) is 0 Å². The van der Waals surface area contributed by atoms with Gasteiger partial charge in [0.15, 0.2) is 0 Å². The molecule has 1 unspecified atom stereocenters. The van der Waals surface area contributed by atoms with Crippen LogP contribution < -0.4 is 0 Å². The number of carbonyl (C=O) groups excluding carboxylic acids is 1. The minimum absolute atomic E-state index is 0.0512. The first-order valence-corrected chi connectivity index (χ1v) is 7.29. The van der Waals surface area contributed by atoms with Crippen LogP contribution in [-0.4, -0.2) is 56.6 Å². The molecule has 1 aliphatic heterocycles. The molecule has 1 N–H and O–H groups in total. The van der Waals surface area contributed by atoms with Crippen LogP contribution in [0.15, 0.2) is 23.4 Å². The topological polar surface area (TPSA) is 88.7 Å². The van der Waals surface area contributed by atoms with Crippen molar-refractivity contribution in [3.63, 3.8) is 0 Å². The van der Waals surface area contributed by atoms with Gasteiger partial charge in [-0.3, -0.25) is 4.79 Å². The van der Waals surface area contributed by atoms with Crippen LogP contribution >= 0.6 is 0 Å². The van der Waals surface area contributed by atoms with Gasteiger partial charge in [0, 0.05) is 25.5 Å². The molecule has 0 spiro atoms. The molecule has 2 rings (SSSR count). The summed E-state index contributed by atoms with van der Waals surface area (Å²) >= 11 is 0. The van der Waals surface area contributed by atoms with E-state index in [4.69, 9.17) is 4.74 Å². The number of nitrogens with one attached hydrogen (secondary N) is 1. The first-order valence-electron chi connectivity index (χ1n) is 5.85. The number of esters is 1. The SMILES string of the molecule is COC(=O)CC1CN(S(=O)(=O)c2cc[nH]c2)CCO1. The Morgan fingerprint density at radius 3 is 3.05 bits per heavy atom. The normalized spacial score (nSPS) is 21.2. The molecule has 8 heteroatoms.